The summed E-state index contributed by atoms with van der Waals surface area (Å²) in [5.74, 6) is -0.451. The molecule has 0 saturated carbocycles. The number of carbonyl (C=O) groups excluding carboxylic acids is 1. The van der Waals surface area contributed by atoms with Gasteiger partial charge in [0.15, 0.2) is 0 Å². The van der Waals surface area contributed by atoms with Gasteiger partial charge in [-0.25, -0.2) is 8.42 Å². The first-order valence-electron chi connectivity index (χ1n) is 7.51. The van der Waals surface area contributed by atoms with Crippen LogP contribution in [0.3, 0.4) is 0 Å². The zero-order valence-electron chi connectivity index (χ0n) is 13.9. The summed E-state index contributed by atoms with van der Waals surface area (Å²) in [5.41, 5.74) is 9.17. The lowest BCUT2D eigenvalue weighted by molar-refractivity contribution is -0.128. The third-order valence-corrected chi connectivity index (χ3v) is 4.70. The summed E-state index contributed by atoms with van der Waals surface area (Å²) in [5, 5.41) is -0.843. The maximum atomic E-state index is 12.6. The van der Waals surface area contributed by atoms with Crippen molar-refractivity contribution in [2.45, 2.75) is 32.6 Å². The first-order chi connectivity index (χ1) is 10.7. The molecule has 0 aromatic heterocycles. The van der Waals surface area contributed by atoms with Crippen LogP contribution in [-0.4, -0.2) is 42.1 Å². The van der Waals surface area contributed by atoms with Crippen LogP contribution in [0.2, 0.25) is 0 Å². The summed E-state index contributed by atoms with van der Waals surface area (Å²) >= 11 is 0. The van der Waals surface area contributed by atoms with Crippen molar-refractivity contribution in [3.05, 3.63) is 35.9 Å². The Morgan fingerprint density at radius 3 is 1.96 bits per heavy atom. The lowest BCUT2D eigenvalue weighted by atomic mass is 10.1. The molecule has 1 aromatic rings. The van der Waals surface area contributed by atoms with Crippen molar-refractivity contribution in [3.63, 3.8) is 0 Å². The van der Waals surface area contributed by atoms with Crippen LogP contribution in [0.15, 0.2) is 35.2 Å². The second kappa shape index (κ2) is 8.04. The Morgan fingerprint density at radius 1 is 1.09 bits per heavy atom. The van der Waals surface area contributed by atoms with Crippen molar-refractivity contribution in [3.8, 4) is 0 Å². The number of rotatable bonds is 5. The zero-order chi connectivity index (χ0) is 17.6. The number of nitrogens with zero attached hydrogens (tertiary/aromatic N) is 3. The molecule has 0 aliphatic heterocycles. The Hall–Kier alpha value is -1.98. The Kier molecular flexibility index (Phi) is 6.66. The second-order valence-corrected chi connectivity index (χ2v) is 8.08. The van der Waals surface area contributed by atoms with Gasteiger partial charge in [-0.3, -0.25) is 4.79 Å². The van der Waals surface area contributed by atoms with Gasteiger partial charge in [0, 0.05) is 13.1 Å². The van der Waals surface area contributed by atoms with Crippen LogP contribution >= 0.6 is 0 Å². The van der Waals surface area contributed by atoms with Gasteiger partial charge in [0.2, 0.25) is 0 Å². The highest BCUT2D eigenvalue weighted by atomic mass is 32.2. The van der Waals surface area contributed by atoms with Gasteiger partial charge in [-0.2, -0.15) is 0 Å². The Morgan fingerprint density at radius 2 is 1.57 bits per heavy atom. The van der Waals surface area contributed by atoms with E-state index >= 15 is 0 Å². The fourth-order valence-electron chi connectivity index (χ4n) is 2.18. The molecular formula is C16H23N3O3S. The molecule has 0 unspecified atom stereocenters. The number of amides is 1. The fourth-order valence-corrected chi connectivity index (χ4v) is 3.39. The van der Waals surface area contributed by atoms with E-state index in [9.17, 15) is 18.7 Å². The van der Waals surface area contributed by atoms with Crippen LogP contribution in [0.5, 0.6) is 0 Å². The minimum absolute atomic E-state index is 0.0739. The quantitative estimate of drug-likeness (QED) is 0.357. The highest BCUT2D eigenvalue weighted by Gasteiger charge is 2.40. The van der Waals surface area contributed by atoms with Crippen molar-refractivity contribution in [1.82, 2.24) is 4.90 Å². The molecule has 0 atom stereocenters. The summed E-state index contributed by atoms with van der Waals surface area (Å²) in [6, 6.07) is 7.49. The lowest BCUT2D eigenvalue weighted by Crippen LogP contribution is -2.44. The molecule has 126 valence electrons. The molecule has 0 bridgehead atoms. The predicted octanol–water partition coefficient (Wildman–Crippen LogP) is 2.23. The second-order valence-electron chi connectivity index (χ2n) is 6.22. The lowest BCUT2D eigenvalue weighted by Gasteiger charge is -2.24. The van der Waals surface area contributed by atoms with Gasteiger partial charge in [0.05, 0.1) is 4.90 Å². The van der Waals surface area contributed by atoms with Crippen LogP contribution in [0, 0.1) is 11.8 Å². The Labute approximate surface area is 137 Å². The molecule has 0 N–H and O–H groups in total. The highest BCUT2D eigenvalue weighted by molar-refractivity contribution is 8.08. The molecule has 0 heterocycles. The van der Waals surface area contributed by atoms with Crippen molar-refractivity contribution < 1.29 is 18.0 Å². The SMILES string of the molecule is CC(C)CN(CC(C)C)C(=O)C(=[N+]=[N-])S(=O)(=O)c1ccccc1. The molecule has 23 heavy (non-hydrogen) atoms. The van der Waals surface area contributed by atoms with Gasteiger partial charge in [0.25, 0.3) is 9.84 Å². The van der Waals surface area contributed by atoms with E-state index in [1.807, 2.05) is 27.7 Å². The topological polar surface area (TPSA) is 90.8 Å². The van der Waals surface area contributed by atoms with E-state index in [0.717, 1.165) is 0 Å². The van der Waals surface area contributed by atoms with Crippen LogP contribution in [-0.2, 0) is 14.6 Å². The molecule has 7 heteroatoms. The summed E-state index contributed by atoms with van der Waals surface area (Å²) in [6.07, 6.45) is 0. The van der Waals surface area contributed by atoms with Gasteiger partial charge in [-0.15, -0.1) is 4.79 Å². The van der Waals surface area contributed by atoms with E-state index in [4.69, 9.17) is 0 Å². The number of sulfone groups is 1. The first-order valence-corrected chi connectivity index (χ1v) is 9.00. The van der Waals surface area contributed by atoms with Crippen molar-refractivity contribution in [1.29, 1.82) is 0 Å². The third-order valence-electron chi connectivity index (χ3n) is 3.04. The number of hydrogen-bond acceptors (Lipinski definition) is 3. The molecule has 6 nitrogen and oxygen atoms in total. The molecule has 1 aromatic carbocycles. The maximum absolute atomic E-state index is 12.6. The molecule has 0 spiro atoms. The normalized spacial score (nSPS) is 11.4. The smallest absolute Gasteiger partial charge is 0.360 e. The Bertz CT molecular complexity index is 681. The summed E-state index contributed by atoms with van der Waals surface area (Å²) in [6.45, 7) is 8.51. The third kappa shape index (κ3) is 5.01. The standard InChI is InChI=1S/C16H23N3O3S/c1-12(2)10-19(11-13(3)4)16(20)15(18-17)23(21,22)14-8-6-5-7-9-14/h5-9,12-13H,10-11H2,1-4H3. The summed E-state index contributed by atoms with van der Waals surface area (Å²) in [4.78, 5) is 16.8. The van der Waals surface area contributed by atoms with Gasteiger partial charge in [0.1, 0.15) is 0 Å². The molecule has 1 amide bonds. The minimum atomic E-state index is -4.16. The predicted molar refractivity (Wildman–Crippen MR) is 88.5 cm³/mol. The zero-order valence-corrected chi connectivity index (χ0v) is 14.7. The van der Waals surface area contributed by atoms with Crippen LogP contribution in [0.25, 0.3) is 5.53 Å². The largest absolute Gasteiger partial charge is 0.473 e. The van der Waals surface area contributed by atoms with E-state index in [2.05, 4.69) is 4.79 Å². The van der Waals surface area contributed by atoms with Crippen molar-refractivity contribution >= 4 is 20.8 Å². The van der Waals surface area contributed by atoms with Gasteiger partial charge in [-0.1, -0.05) is 45.9 Å². The number of hydrogen-bond donors (Lipinski definition) is 0. The Balaban J connectivity index is 3.22. The van der Waals surface area contributed by atoms with Gasteiger partial charge in [-0.05, 0) is 24.0 Å². The molecule has 0 aliphatic rings. The molecule has 0 aliphatic carbocycles. The van der Waals surface area contributed by atoms with Gasteiger partial charge >= 0.3 is 11.0 Å². The van der Waals surface area contributed by atoms with Crippen molar-refractivity contribution in [2.24, 2.45) is 11.8 Å². The fraction of sp³-hybridized carbons (Fsp3) is 0.500. The van der Waals surface area contributed by atoms with E-state index in [-0.39, 0.29) is 16.7 Å². The molecule has 0 fully saturated rings. The summed E-state index contributed by atoms with van der Waals surface area (Å²) in [7, 11) is -4.16. The molecule has 0 radical (unpaired) electrons. The van der Waals surface area contributed by atoms with Crippen LogP contribution in [0.4, 0.5) is 0 Å². The molecular weight excluding hydrogens is 314 g/mol. The van der Waals surface area contributed by atoms with E-state index < -0.39 is 20.8 Å². The number of benzene rings is 1. The minimum Gasteiger partial charge on any atom is -0.360 e. The van der Waals surface area contributed by atoms with Crippen molar-refractivity contribution in [2.75, 3.05) is 13.1 Å². The molecule has 0 saturated heterocycles. The highest BCUT2D eigenvalue weighted by Crippen LogP contribution is 2.14. The first kappa shape index (κ1) is 19.1. The number of carbonyl (C=O) groups is 1. The van der Waals surface area contributed by atoms with Crippen LogP contribution in [0.1, 0.15) is 27.7 Å². The average molecular weight is 337 g/mol. The maximum Gasteiger partial charge on any atom is 0.473 e. The van der Waals surface area contributed by atoms with E-state index in [1.54, 1.807) is 18.2 Å². The van der Waals surface area contributed by atoms with E-state index in [1.165, 1.54) is 17.0 Å². The van der Waals surface area contributed by atoms with Crippen LogP contribution < -0.4 is 0 Å². The van der Waals surface area contributed by atoms with E-state index in [0.29, 0.717) is 13.1 Å². The average Bonchev–Trinajstić information content (AvgIpc) is 2.47. The summed E-state index contributed by atoms with van der Waals surface area (Å²) < 4.78 is 25.1. The van der Waals surface area contributed by atoms with Gasteiger partial charge < -0.3 is 10.4 Å². The molecule has 1 rings (SSSR count). The monoisotopic (exact) mass is 337 g/mol.